The van der Waals surface area contributed by atoms with Crippen LogP contribution in [0.3, 0.4) is 0 Å². The number of carbonyl (C=O) groups is 1. The summed E-state index contributed by atoms with van der Waals surface area (Å²) in [6.45, 7) is 0. The Morgan fingerprint density at radius 2 is 1.83 bits per heavy atom. The van der Waals surface area contributed by atoms with Crippen molar-refractivity contribution in [3.8, 4) is 16.3 Å². The lowest BCUT2D eigenvalue weighted by atomic mass is 10.1. The molecule has 0 saturated carbocycles. The Morgan fingerprint density at radius 1 is 1.03 bits per heavy atom. The molecule has 0 radical (unpaired) electrons. The predicted octanol–water partition coefficient (Wildman–Crippen LogP) is 5.10. The van der Waals surface area contributed by atoms with Crippen LogP contribution in [0.25, 0.3) is 38.9 Å². The lowest BCUT2D eigenvalue weighted by molar-refractivity contribution is -0.130. The number of hydrogen-bond acceptors (Lipinski definition) is 4. The first-order chi connectivity index (χ1) is 14.7. The summed E-state index contributed by atoms with van der Waals surface area (Å²) in [6, 6.07) is 21.1. The third-order valence-electron chi connectivity index (χ3n) is 4.69. The smallest absolute Gasteiger partial charge is 0.339 e. The number of aromatic amines is 1. The van der Waals surface area contributed by atoms with Crippen molar-refractivity contribution in [1.82, 2.24) is 19.7 Å². The van der Waals surface area contributed by atoms with Crippen LogP contribution >= 0.6 is 11.3 Å². The Morgan fingerprint density at radius 3 is 2.57 bits per heavy atom. The van der Waals surface area contributed by atoms with Crippen LogP contribution in [0.4, 0.5) is 0 Å². The summed E-state index contributed by atoms with van der Waals surface area (Å²) in [7, 11) is 0. The van der Waals surface area contributed by atoms with Crippen molar-refractivity contribution in [2.45, 2.75) is 0 Å². The van der Waals surface area contributed by atoms with E-state index in [-0.39, 0.29) is 5.57 Å². The number of imidazole rings is 1. The van der Waals surface area contributed by atoms with Crippen LogP contribution in [0.1, 0.15) is 11.4 Å². The van der Waals surface area contributed by atoms with Crippen LogP contribution in [0.15, 0.2) is 78.3 Å². The molecule has 2 aromatic carbocycles. The highest BCUT2D eigenvalue weighted by molar-refractivity contribution is 7.13. The number of nitrogens with one attached hydrogen (secondary N) is 1. The van der Waals surface area contributed by atoms with Gasteiger partial charge in [0.15, 0.2) is 0 Å². The molecule has 0 aliphatic carbocycles. The zero-order valence-corrected chi connectivity index (χ0v) is 16.5. The van der Waals surface area contributed by atoms with E-state index >= 15 is 0 Å². The Hall–Kier alpha value is -3.97. The minimum atomic E-state index is -1.06. The molecule has 0 atom stereocenters. The van der Waals surface area contributed by atoms with Crippen molar-refractivity contribution >= 4 is 40.0 Å². The zero-order valence-electron chi connectivity index (χ0n) is 15.7. The van der Waals surface area contributed by atoms with Crippen LogP contribution < -0.4 is 0 Å². The molecule has 30 heavy (non-hydrogen) atoms. The highest BCUT2D eigenvalue weighted by atomic mass is 32.1. The lowest BCUT2D eigenvalue weighted by Gasteiger charge is -1.99. The third-order valence-corrected chi connectivity index (χ3v) is 5.57. The van der Waals surface area contributed by atoms with Gasteiger partial charge in [-0.2, -0.15) is 5.10 Å². The van der Waals surface area contributed by atoms with E-state index < -0.39 is 5.97 Å². The fourth-order valence-electron chi connectivity index (χ4n) is 3.28. The molecule has 5 rings (SSSR count). The molecule has 2 N–H and O–H groups in total. The lowest BCUT2D eigenvalue weighted by Crippen LogP contribution is -2.01. The maximum absolute atomic E-state index is 12.1. The molecule has 0 aliphatic heterocycles. The standard InChI is InChI=1S/C23H16N4O2S/c28-23(29)17(22-24-18-9-4-5-10-19(18)25-22)13-15-14-27(16-7-2-1-3-8-16)26-21(15)20-11-6-12-30-20/h1-14H,(H,24,25)(H,28,29)/b17-13+. The summed E-state index contributed by atoms with van der Waals surface area (Å²) in [4.78, 5) is 20.6. The van der Waals surface area contributed by atoms with Crippen LogP contribution in [0.2, 0.25) is 0 Å². The highest BCUT2D eigenvalue weighted by Crippen LogP contribution is 2.30. The number of carboxylic acids is 1. The fraction of sp³-hybridized carbons (Fsp3) is 0. The molecule has 0 aliphatic rings. The number of fused-ring (bicyclic) bond motifs is 1. The van der Waals surface area contributed by atoms with E-state index in [2.05, 4.69) is 9.97 Å². The minimum absolute atomic E-state index is 0.0802. The summed E-state index contributed by atoms with van der Waals surface area (Å²) < 4.78 is 1.76. The van der Waals surface area contributed by atoms with E-state index in [1.54, 1.807) is 22.1 Å². The van der Waals surface area contributed by atoms with Crippen molar-refractivity contribution in [2.75, 3.05) is 0 Å². The molecule has 0 saturated heterocycles. The van der Waals surface area contributed by atoms with Gasteiger partial charge in [0, 0.05) is 11.8 Å². The number of thiophene rings is 1. The molecule has 6 nitrogen and oxygen atoms in total. The second kappa shape index (κ2) is 7.46. The zero-order chi connectivity index (χ0) is 20.5. The van der Waals surface area contributed by atoms with Gasteiger partial charge in [-0.05, 0) is 41.8 Å². The molecule has 0 unspecified atom stereocenters. The van der Waals surface area contributed by atoms with Gasteiger partial charge in [0.2, 0.25) is 0 Å². The van der Waals surface area contributed by atoms with Crippen LogP contribution in [0.5, 0.6) is 0 Å². The van der Waals surface area contributed by atoms with Crippen LogP contribution in [0, 0.1) is 0 Å². The Kier molecular flexibility index (Phi) is 4.49. The Labute approximate surface area is 175 Å². The second-order valence-corrected chi connectivity index (χ2v) is 7.60. The summed E-state index contributed by atoms with van der Waals surface area (Å²) in [5, 5.41) is 16.6. The second-order valence-electron chi connectivity index (χ2n) is 6.66. The number of nitrogens with zero attached hydrogens (tertiary/aromatic N) is 3. The largest absolute Gasteiger partial charge is 0.478 e. The van der Waals surface area contributed by atoms with Crippen LogP contribution in [-0.2, 0) is 4.79 Å². The topological polar surface area (TPSA) is 83.8 Å². The third kappa shape index (κ3) is 3.31. The van der Waals surface area contributed by atoms with E-state index in [0.29, 0.717) is 11.4 Å². The van der Waals surface area contributed by atoms with E-state index in [4.69, 9.17) is 5.10 Å². The molecule has 7 heteroatoms. The fourth-order valence-corrected chi connectivity index (χ4v) is 4.01. The summed E-state index contributed by atoms with van der Waals surface area (Å²) in [5.74, 6) is -0.744. The van der Waals surface area contributed by atoms with Crippen molar-refractivity contribution in [1.29, 1.82) is 0 Å². The summed E-state index contributed by atoms with van der Waals surface area (Å²) in [5.41, 5.74) is 3.92. The monoisotopic (exact) mass is 412 g/mol. The van der Waals surface area contributed by atoms with Gasteiger partial charge in [0.1, 0.15) is 17.1 Å². The molecule has 3 aromatic heterocycles. The average molecular weight is 412 g/mol. The molecule has 0 fully saturated rings. The van der Waals surface area contributed by atoms with Gasteiger partial charge >= 0.3 is 5.97 Å². The van der Waals surface area contributed by atoms with E-state index in [9.17, 15) is 9.90 Å². The molecule has 0 spiro atoms. The van der Waals surface area contributed by atoms with Gasteiger partial charge in [-0.15, -0.1) is 11.3 Å². The van der Waals surface area contributed by atoms with Crippen molar-refractivity contribution in [2.24, 2.45) is 0 Å². The molecule has 0 bridgehead atoms. The molecule has 0 amide bonds. The molecule has 146 valence electrons. The SMILES string of the molecule is O=C(O)/C(=C/c1cn(-c2ccccc2)nc1-c1cccs1)c1nc2ccccc2[nH]1. The number of hydrogen-bond donors (Lipinski definition) is 2. The first-order valence-electron chi connectivity index (χ1n) is 9.28. The van der Waals surface area contributed by atoms with Gasteiger partial charge in [0.05, 0.1) is 21.6 Å². The highest BCUT2D eigenvalue weighted by Gasteiger charge is 2.19. The molecule has 5 aromatic rings. The average Bonchev–Trinajstić information content (AvgIpc) is 3.51. The van der Waals surface area contributed by atoms with Gasteiger partial charge < -0.3 is 10.1 Å². The van der Waals surface area contributed by atoms with E-state index in [1.165, 1.54) is 0 Å². The Bertz CT molecular complexity index is 1330. The number of H-pyrrole nitrogens is 1. The number of rotatable bonds is 5. The summed E-state index contributed by atoms with van der Waals surface area (Å²) >= 11 is 1.56. The van der Waals surface area contributed by atoms with Crippen molar-refractivity contribution in [3.63, 3.8) is 0 Å². The van der Waals surface area contributed by atoms with Gasteiger partial charge in [-0.25, -0.2) is 14.5 Å². The van der Waals surface area contributed by atoms with Crippen LogP contribution in [-0.4, -0.2) is 30.8 Å². The number of benzene rings is 2. The number of aromatic nitrogens is 4. The molecular formula is C23H16N4O2S. The minimum Gasteiger partial charge on any atom is -0.478 e. The molecular weight excluding hydrogens is 396 g/mol. The number of para-hydroxylation sites is 3. The Balaban J connectivity index is 1.68. The van der Waals surface area contributed by atoms with Gasteiger partial charge in [0.25, 0.3) is 0 Å². The maximum atomic E-state index is 12.1. The quantitative estimate of drug-likeness (QED) is 0.393. The number of carboxylic acid groups (broad SMARTS) is 1. The molecule has 3 heterocycles. The van der Waals surface area contributed by atoms with E-state index in [0.717, 1.165) is 27.3 Å². The number of aliphatic carboxylic acids is 1. The predicted molar refractivity (Wildman–Crippen MR) is 118 cm³/mol. The van der Waals surface area contributed by atoms with Gasteiger partial charge in [-0.3, -0.25) is 0 Å². The maximum Gasteiger partial charge on any atom is 0.339 e. The first kappa shape index (κ1) is 18.1. The van der Waals surface area contributed by atoms with Gasteiger partial charge in [-0.1, -0.05) is 36.4 Å². The first-order valence-corrected chi connectivity index (χ1v) is 10.2. The van der Waals surface area contributed by atoms with Crippen molar-refractivity contribution < 1.29 is 9.90 Å². The van der Waals surface area contributed by atoms with Crippen molar-refractivity contribution in [3.05, 3.63) is 89.7 Å². The van der Waals surface area contributed by atoms with E-state index in [1.807, 2.05) is 78.3 Å². The summed E-state index contributed by atoms with van der Waals surface area (Å²) in [6.07, 6.45) is 3.47. The normalized spacial score (nSPS) is 11.8.